The van der Waals surface area contributed by atoms with Gasteiger partial charge in [0, 0.05) is 21.3 Å². The highest BCUT2D eigenvalue weighted by molar-refractivity contribution is 6.35. The van der Waals surface area contributed by atoms with E-state index >= 15 is 0 Å². The van der Waals surface area contributed by atoms with Crippen molar-refractivity contribution < 1.29 is 19.0 Å². The van der Waals surface area contributed by atoms with Gasteiger partial charge in [0.1, 0.15) is 24.0 Å². The third-order valence-corrected chi connectivity index (χ3v) is 5.35. The molecule has 35 heavy (non-hydrogen) atoms. The van der Waals surface area contributed by atoms with Gasteiger partial charge in [-0.05, 0) is 74.0 Å². The molecular weight excluding hydrogens is 487 g/mol. The van der Waals surface area contributed by atoms with E-state index < -0.39 is 5.91 Å². The van der Waals surface area contributed by atoms with Crippen LogP contribution in [0.3, 0.4) is 0 Å². The van der Waals surface area contributed by atoms with Gasteiger partial charge in [0.2, 0.25) is 0 Å². The Morgan fingerprint density at radius 2 is 1.69 bits per heavy atom. The van der Waals surface area contributed by atoms with Crippen molar-refractivity contribution in [2.75, 3.05) is 18.5 Å². The number of anilines is 1. The van der Waals surface area contributed by atoms with Crippen LogP contribution in [0.5, 0.6) is 17.2 Å². The maximum atomic E-state index is 12.6. The van der Waals surface area contributed by atoms with Crippen LogP contribution in [0.4, 0.5) is 5.69 Å². The SMILES string of the molecule is CCOc1ccc(NC(=O)/C(C#N)=C/c2ccc(OCc3ccc(Cl)cc3Cl)c(OCC)c2)cc1. The van der Waals surface area contributed by atoms with Crippen molar-refractivity contribution >= 4 is 40.9 Å². The highest BCUT2D eigenvalue weighted by Gasteiger charge is 2.12. The summed E-state index contributed by atoms with van der Waals surface area (Å²) in [5.74, 6) is 1.17. The minimum atomic E-state index is -0.521. The van der Waals surface area contributed by atoms with Crippen molar-refractivity contribution in [3.8, 4) is 23.3 Å². The van der Waals surface area contributed by atoms with E-state index in [-0.39, 0.29) is 12.2 Å². The number of hydrogen-bond acceptors (Lipinski definition) is 5. The largest absolute Gasteiger partial charge is 0.494 e. The Hall–Kier alpha value is -3.66. The van der Waals surface area contributed by atoms with Crippen molar-refractivity contribution in [3.05, 3.63) is 87.4 Å². The van der Waals surface area contributed by atoms with Crippen LogP contribution in [0.2, 0.25) is 10.0 Å². The predicted octanol–water partition coefficient (Wildman–Crippen LogP) is 6.92. The molecule has 0 saturated carbocycles. The molecule has 1 N–H and O–H groups in total. The first kappa shape index (κ1) is 26.0. The van der Waals surface area contributed by atoms with Gasteiger partial charge in [-0.2, -0.15) is 5.26 Å². The second-order valence-corrected chi connectivity index (χ2v) is 8.09. The van der Waals surface area contributed by atoms with Gasteiger partial charge in [0.05, 0.1) is 13.2 Å². The molecule has 3 rings (SSSR count). The molecule has 0 unspecified atom stereocenters. The Morgan fingerprint density at radius 3 is 2.34 bits per heavy atom. The maximum Gasteiger partial charge on any atom is 0.266 e. The molecule has 180 valence electrons. The Morgan fingerprint density at radius 1 is 0.943 bits per heavy atom. The lowest BCUT2D eigenvalue weighted by Crippen LogP contribution is -2.13. The van der Waals surface area contributed by atoms with E-state index in [0.717, 1.165) is 5.56 Å². The van der Waals surface area contributed by atoms with Crippen LogP contribution < -0.4 is 19.5 Å². The van der Waals surface area contributed by atoms with Crippen molar-refractivity contribution in [2.24, 2.45) is 0 Å². The summed E-state index contributed by atoms with van der Waals surface area (Å²) in [5, 5.41) is 13.3. The van der Waals surface area contributed by atoms with Crippen LogP contribution in [0.25, 0.3) is 6.08 Å². The number of carbonyl (C=O) groups excluding carboxylic acids is 1. The molecule has 0 aliphatic heterocycles. The average Bonchev–Trinajstić information content (AvgIpc) is 2.84. The minimum absolute atomic E-state index is 0.0528. The van der Waals surface area contributed by atoms with E-state index in [4.69, 9.17) is 37.4 Å². The van der Waals surface area contributed by atoms with E-state index in [1.807, 2.05) is 19.9 Å². The number of nitriles is 1. The lowest BCUT2D eigenvalue weighted by Gasteiger charge is -2.13. The Kier molecular flexibility index (Phi) is 9.42. The summed E-state index contributed by atoms with van der Waals surface area (Å²) in [6, 6.07) is 19.2. The van der Waals surface area contributed by atoms with Crippen LogP contribution >= 0.6 is 23.2 Å². The highest BCUT2D eigenvalue weighted by atomic mass is 35.5. The molecule has 0 radical (unpaired) electrons. The van der Waals surface area contributed by atoms with Gasteiger partial charge in [-0.3, -0.25) is 4.79 Å². The van der Waals surface area contributed by atoms with E-state index in [1.165, 1.54) is 6.08 Å². The summed E-state index contributed by atoms with van der Waals surface area (Å²) in [6.07, 6.45) is 1.49. The van der Waals surface area contributed by atoms with Gasteiger partial charge in [-0.25, -0.2) is 0 Å². The fourth-order valence-electron chi connectivity index (χ4n) is 3.11. The van der Waals surface area contributed by atoms with Crippen molar-refractivity contribution in [1.29, 1.82) is 5.26 Å². The smallest absolute Gasteiger partial charge is 0.266 e. The molecule has 1 amide bonds. The van der Waals surface area contributed by atoms with Crippen LogP contribution in [0.15, 0.2) is 66.2 Å². The second kappa shape index (κ2) is 12.7. The quantitative estimate of drug-likeness (QED) is 0.236. The zero-order valence-corrected chi connectivity index (χ0v) is 20.8. The predicted molar refractivity (Wildman–Crippen MR) is 138 cm³/mol. The third-order valence-electron chi connectivity index (χ3n) is 4.77. The topological polar surface area (TPSA) is 80.6 Å². The van der Waals surface area contributed by atoms with E-state index in [1.54, 1.807) is 60.7 Å². The number of hydrogen-bond donors (Lipinski definition) is 1. The minimum Gasteiger partial charge on any atom is -0.494 e. The molecule has 0 aromatic heterocycles. The standard InChI is InChI=1S/C27H24Cl2N2O4/c1-3-33-23-10-8-22(9-11-23)31-27(32)20(16-30)13-18-5-12-25(26(14-18)34-4-2)35-17-19-6-7-21(28)15-24(19)29/h5-15H,3-4,17H2,1-2H3,(H,31,32)/b20-13+. The molecule has 0 heterocycles. The number of amides is 1. The van der Waals surface area contributed by atoms with Gasteiger partial charge < -0.3 is 19.5 Å². The van der Waals surface area contributed by atoms with Crippen molar-refractivity contribution in [3.63, 3.8) is 0 Å². The molecule has 3 aromatic carbocycles. The Bertz CT molecular complexity index is 1250. The van der Waals surface area contributed by atoms with Gasteiger partial charge in [0.25, 0.3) is 5.91 Å². The lowest BCUT2D eigenvalue weighted by molar-refractivity contribution is -0.112. The molecule has 0 bridgehead atoms. The number of halogens is 2. The first-order valence-corrected chi connectivity index (χ1v) is 11.7. The zero-order valence-electron chi connectivity index (χ0n) is 19.3. The van der Waals surface area contributed by atoms with Crippen LogP contribution in [-0.4, -0.2) is 19.1 Å². The van der Waals surface area contributed by atoms with Gasteiger partial charge in [0.15, 0.2) is 11.5 Å². The number of benzene rings is 3. The molecule has 6 nitrogen and oxygen atoms in total. The van der Waals surface area contributed by atoms with Crippen LogP contribution in [0.1, 0.15) is 25.0 Å². The summed E-state index contributed by atoms with van der Waals surface area (Å²) >= 11 is 12.2. The molecular formula is C27H24Cl2N2O4. The Labute approximate surface area is 214 Å². The number of rotatable bonds is 10. The van der Waals surface area contributed by atoms with Crippen LogP contribution in [0, 0.1) is 11.3 Å². The molecule has 0 aliphatic rings. The van der Waals surface area contributed by atoms with Gasteiger partial charge in [-0.15, -0.1) is 0 Å². The van der Waals surface area contributed by atoms with E-state index in [9.17, 15) is 10.1 Å². The molecule has 0 spiro atoms. The zero-order chi connectivity index (χ0) is 25.2. The lowest BCUT2D eigenvalue weighted by atomic mass is 10.1. The fourth-order valence-corrected chi connectivity index (χ4v) is 3.57. The first-order chi connectivity index (χ1) is 16.9. The first-order valence-electron chi connectivity index (χ1n) is 10.9. The number of ether oxygens (including phenoxy) is 3. The van der Waals surface area contributed by atoms with Crippen LogP contribution in [-0.2, 0) is 11.4 Å². The molecule has 0 atom stereocenters. The summed E-state index contributed by atoms with van der Waals surface area (Å²) < 4.78 is 17.0. The molecule has 0 aliphatic carbocycles. The van der Waals surface area contributed by atoms with E-state index in [2.05, 4.69) is 5.32 Å². The molecule has 3 aromatic rings. The molecule has 8 heteroatoms. The maximum absolute atomic E-state index is 12.6. The van der Waals surface area contributed by atoms with Gasteiger partial charge in [-0.1, -0.05) is 35.3 Å². The van der Waals surface area contributed by atoms with Gasteiger partial charge >= 0.3 is 0 Å². The number of nitrogens with zero attached hydrogens (tertiary/aromatic N) is 1. The fraction of sp³-hybridized carbons (Fsp3) is 0.185. The van der Waals surface area contributed by atoms with Crippen molar-refractivity contribution in [1.82, 2.24) is 0 Å². The summed E-state index contributed by atoms with van der Waals surface area (Å²) in [7, 11) is 0. The molecule has 0 saturated heterocycles. The Balaban J connectivity index is 1.75. The highest BCUT2D eigenvalue weighted by Crippen LogP contribution is 2.31. The molecule has 0 fully saturated rings. The number of carbonyl (C=O) groups is 1. The summed E-state index contributed by atoms with van der Waals surface area (Å²) in [5.41, 5.74) is 1.89. The third kappa shape index (κ3) is 7.41. The number of nitrogens with one attached hydrogen (secondary N) is 1. The van der Waals surface area contributed by atoms with Crippen molar-refractivity contribution in [2.45, 2.75) is 20.5 Å². The normalized spacial score (nSPS) is 10.9. The average molecular weight is 511 g/mol. The summed E-state index contributed by atoms with van der Waals surface area (Å²) in [6.45, 7) is 4.93. The monoisotopic (exact) mass is 510 g/mol. The second-order valence-electron chi connectivity index (χ2n) is 7.24. The van der Waals surface area contributed by atoms with E-state index in [0.29, 0.717) is 51.8 Å². The summed E-state index contributed by atoms with van der Waals surface area (Å²) in [4.78, 5) is 12.6.